The van der Waals surface area contributed by atoms with Crippen LogP contribution in [0.25, 0.3) is 10.2 Å². The standard InChI is InChI=1S/C14H18ClN3OS/c1-14(2,3)18-11(19)7-8-16-13-17-10-6-4-5-9(15)12(10)20-13/h4-6H,7-8H2,1-3H3,(H,16,17)(H,18,19). The SMILES string of the molecule is CC(C)(C)NC(=O)CCNc1nc2cccc(Cl)c2s1. The molecule has 2 N–H and O–H groups in total. The number of halogens is 1. The summed E-state index contributed by atoms with van der Waals surface area (Å²) >= 11 is 7.61. The van der Waals surface area contributed by atoms with E-state index in [4.69, 9.17) is 11.6 Å². The first kappa shape index (κ1) is 15.1. The normalized spacial score (nSPS) is 11.6. The molecule has 0 saturated carbocycles. The molecule has 2 rings (SSSR count). The minimum atomic E-state index is -0.194. The zero-order valence-electron chi connectivity index (χ0n) is 11.8. The molecule has 0 aliphatic heterocycles. The molecule has 0 aliphatic rings. The van der Waals surface area contributed by atoms with Crippen molar-refractivity contribution in [3.8, 4) is 0 Å². The van der Waals surface area contributed by atoms with Crippen LogP contribution >= 0.6 is 22.9 Å². The molecule has 108 valence electrons. The highest BCUT2D eigenvalue weighted by molar-refractivity contribution is 7.22. The second-order valence-corrected chi connectivity index (χ2v) is 6.99. The smallest absolute Gasteiger partial charge is 0.222 e. The van der Waals surface area contributed by atoms with Gasteiger partial charge in [0.15, 0.2) is 5.13 Å². The average Bonchev–Trinajstić information content (AvgIpc) is 2.71. The Balaban J connectivity index is 1.90. The fourth-order valence-corrected chi connectivity index (χ4v) is 2.94. The van der Waals surface area contributed by atoms with Crippen LogP contribution in [0, 0.1) is 0 Å². The fourth-order valence-electron chi connectivity index (χ4n) is 1.75. The van der Waals surface area contributed by atoms with Crippen LogP contribution in [-0.2, 0) is 4.79 Å². The summed E-state index contributed by atoms with van der Waals surface area (Å²) in [5.74, 6) is 0.0316. The van der Waals surface area contributed by atoms with Crippen LogP contribution in [0.3, 0.4) is 0 Å². The average molecular weight is 312 g/mol. The third kappa shape index (κ3) is 4.08. The minimum Gasteiger partial charge on any atom is -0.361 e. The van der Waals surface area contributed by atoms with Gasteiger partial charge in [-0.05, 0) is 32.9 Å². The lowest BCUT2D eigenvalue weighted by Crippen LogP contribution is -2.41. The molecule has 0 atom stereocenters. The van der Waals surface area contributed by atoms with E-state index in [9.17, 15) is 4.79 Å². The number of hydrogen-bond acceptors (Lipinski definition) is 4. The maximum atomic E-state index is 11.7. The number of carbonyl (C=O) groups excluding carboxylic acids is 1. The number of nitrogens with zero attached hydrogens (tertiary/aromatic N) is 1. The van der Waals surface area contributed by atoms with E-state index in [2.05, 4.69) is 15.6 Å². The monoisotopic (exact) mass is 311 g/mol. The highest BCUT2D eigenvalue weighted by atomic mass is 35.5. The summed E-state index contributed by atoms with van der Waals surface area (Å²) in [6.45, 7) is 6.45. The maximum Gasteiger partial charge on any atom is 0.222 e. The molecule has 0 saturated heterocycles. The first-order chi connectivity index (χ1) is 9.35. The molecule has 1 aromatic carbocycles. The Kier molecular flexibility index (Phi) is 4.50. The second-order valence-electron chi connectivity index (χ2n) is 5.58. The van der Waals surface area contributed by atoms with Gasteiger partial charge in [0.25, 0.3) is 0 Å². The Morgan fingerprint density at radius 2 is 2.15 bits per heavy atom. The van der Waals surface area contributed by atoms with Crippen LogP contribution in [-0.4, -0.2) is 23.0 Å². The summed E-state index contributed by atoms with van der Waals surface area (Å²) in [6.07, 6.45) is 0.418. The lowest BCUT2D eigenvalue weighted by atomic mass is 10.1. The molecule has 1 heterocycles. The van der Waals surface area contributed by atoms with Gasteiger partial charge >= 0.3 is 0 Å². The van der Waals surface area contributed by atoms with Gasteiger partial charge in [-0.2, -0.15) is 0 Å². The number of hydrogen-bond donors (Lipinski definition) is 2. The van der Waals surface area contributed by atoms with Crippen molar-refractivity contribution in [3.63, 3.8) is 0 Å². The van der Waals surface area contributed by atoms with Gasteiger partial charge in [0, 0.05) is 18.5 Å². The van der Waals surface area contributed by atoms with Crippen molar-refractivity contribution in [1.29, 1.82) is 0 Å². The highest BCUT2D eigenvalue weighted by Gasteiger charge is 2.13. The number of anilines is 1. The van der Waals surface area contributed by atoms with E-state index < -0.39 is 0 Å². The van der Waals surface area contributed by atoms with Crippen LogP contribution in [0.5, 0.6) is 0 Å². The fraction of sp³-hybridized carbons (Fsp3) is 0.429. The summed E-state index contributed by atoms with van der Waals surface area (Å²) in [4.78, 5) is 16.1. The van der Waals surface area contributed by atoms with E-state index in [-0.39, 0.29) is 11.4 Å². The van der Waals surface area contributed by atoms with Crippen molar-refractivity contribution < 1.29 is 4.79 Å². The molecule has 2 aromatic rings. The summed E-state index contributed by atoms with van der Waals surface area (Å²) in [5.41, 5.74) is 0.685. The topological polar surface area (TPSA) is 54.0 Å². The number of thiazole rings is 1. The number of benzene rings is 1. The molecule has 0 fully saturated rings. The van der Waals surface area contributed by atoms with Crippen molar-refractivity contribution in [2.45, 2.75) is 32.7 Å². The van der Waals surface area contributed by atoms with E-state index in [1.54, 1.807) is 0 Å². The van der Waals surface area contributed by atoms with Gasteiger partial charge in [0.1, 0.15) is 0 Å². The van der Waals surface area contributed by atoms with Crippen LogP contribution in [0.4, 0.5) is 5.13 Å². The molecule has 0 spiro atoms. The van der Waals surface area contributed by atoms with E-state index in [0.29, 0.717) is 18.0 Å². The van der Waals surface area contributed by atoms with E-state index >= 15 is 0 Å². The van der Waals surface area contributed by atoms with Crippen LogP contribution in [0.1, 0.15) is 27.2 Å². The molecule has 1 aromatic heterocycles. The van der Waals surface area contributed by atoms with Gasteiger partial charge in [0.05, 0.1) is 15.2 Å². The highest BCUT2D eigenvalue weighted by Crippen LogP contribution is 2.31. The van der Waals surface area contributed by atoms with Crippen molar-refractivity contribution >= 4 is 44.2 Å². The number of rotatable bonds is 4. The zero-order chi connectivity index (χ0) is 14.8. The van der Waals surface area contributed by atoms with Crippen LogP contribution in [0.15, 0.2) is 18.2 Å². The Morgan fingerprint density at radius 1 is 1.40 bits per heavy atom. The molecular weight excluding hydrogens is 294 g/mol. The third-order valence-corrected chi connectivity index (χ3v) is 4.00. The third-order valence-electron chi connectivity index (χ3n) is 2.51. The number of amides is 1. The molecule has 20 heavy (non-hydrogen) atoms. The van der Waals surface area contributed by atoms with Crippen LogP contribution in [0.2, 0.25) is 5.02 Å². The summed E-state index contributed by atoms with van der Waals surface area (Å²) < 4.78 is 0.968. The van der Waals surface area contributed by atoms with E-state index in [0.717, 1.165) is 15.3 Å². The molecule has 4 nitrogen and oxygen atoms in total. The Morgan fingerprint density at radius 3 is 2.80 bits per heavy atom. The first-order valence-electron chi connectivity index (χ1n) is 6.45. The molecular formula is C14H18ClN3OS. The predicted octanol–water partition coefficient (Wildman–Crippen LogP) is 3.67. The Hall–Kier alpha value is -1.33. The summed E-state index contributed by atoms with van der Waals surface area (Å²) in [5, 5.41) is 7.59. The molecule has 6 heteroatoms. The maximum absolute atomic E-state index is 11.7. The first-order valence-corrected chi connectivity index (χ1v) is 7.64. The van der Waals surface area contributed by atoms with Gasteiger partial charge in [-0.1, -0.05) is 29.0 Å². The van der Waals surface area contributed by atoms with Crippen LogP contribution < -0.4 is 10.6 Å². The molecule has 0 unspecified atom stereocenters. The quantitative estimate of drug-likeness (QED) is 0.906. The Bertz CT molecular complexity index is 618. The largest absolute Gasteiger partial charge is 0.361 e. The van der Waals surface area contributed by atoms with Gasteiger partial charge in [-0.15, -0.1) is 0 Å². The van der Waals surface area contributed by atoms with Gasteiger partial charge < -0.3 is 10.6 Å². The summed E-state index contributed by atoms with van der Waals surface area (Å²) in [6, 6.07) is 5.66. The second kappa shape index (κ2) is 5.97. The van der Waals surface area contributed by atoms with Gasteiger partial charge in [-0.3, -0.25) is 4.79 Å². The molecule has 0 bridgehead atoms. The lowest BCUT2D eigenvalue weighted by molar-refractivity contribution is -0.122. The molecule has 0 radical (unpaired) electrons. The van der Waals surface area contributed by atoms with Gasteiger partial charge in [0.2, 0.25) is 5.91 Å². The van der Waals surface area contributed by atoms with Crippen molar-refractivity contribution in [2.24, 2.45) is 0 Å². The number of aromatic nitrogens is 1. The van der Waals surface area contributed by atoms with Crippen molar-refractivity contribution in [1.82, 2.24) is 10.3 Å². The van der Waals surface area contributed by atoms with Crippen molar-refractivity contribution in [3.05, 3.63) is 23.2 Å². The molecule has 0 aliphatic carbocycles. The summed E-state index contributed by atoms with van der Waals surface area (Å²) in [7, 11) is 0. The Labute approximate surface area is 127 Å². The number of fused-ring (bicyclic) bond motifs is 1. The van der Waals surface area contributed by atoms with E-state index in [1.807, 2.05) is 39.0 Å². The van der Waals surface area contributed by atoms with Crippen molar-refractivity contribution in [2.75, 3.05) is 11.9 Å². The number of nitrogens with one attached hydrogen (secondary N) is 2. The predicted molar refractivity (Wildman–Crippen MR) is 85.6 cm³/mol. The zero-order valence-corrected chi connectivity index (χ0v) is 13.4. The molecule has 1 amide bonds. The van der Waals surface area contributed by atoms with Gasteiger partial charge in [-0.25, -0.2) is 4.98 Å². The number of carbonyl (C=O) groups is 1. The lowest BCUT2D eigenvalue weighted by Gasteiger charge is -2.20. The minimum absolute atomic E-state index is 0.0316. The van der Waals surface area contributed by atoms with E-state index in [1.165, 1.54) is 11.3 Å².